The van der Waals surface area contributed by atoms with Crippen molar-refractivity contribution in [2.24, 2.45) is 0 Å². The molecule has 1 aromatic heterocycles. The maximum atomic E-state index is 12.3. The number of anilines is 1. The van der Waals surface area contributed by atoms with E-state index in [4.69, 9.17) is 32.7 Å². The molecule has 1 amide bonds. The normalized spacial score (nSPS) is 10.6. The molecule has 0 aliphatic carbocycles. The Bertz CT molecular complexity index is 1010. The second kappa shape index (κ2) is 10.2. The van der Waals surface area contributed by atoms with Crippen LogP contribution in [0.5, 0.6) is 11.5 Å². The fourth-order valence-corrected chi connectivity index (χ4v) is 4.46. The number of carbonyl (C=O) groups excluding carboxylic acids is 1. The van der Waals surface area contributed by atoms with Crippen molar-refractivity contribution in [3.63, 3.8) is 0 Å². The first-order chi connectivity index (χ1) is 14.0. The van der Waals surface area contributed by atoms with Gasteiger partial charge in [-0.1, -0.05) is 58.4 Å². The highest BCUT2D eigenvalue weighted by Crippen LogP contribution is 2.31. The van der Waals surface area contributed by atoms with E-state index in [1.54, 1.807) is 32.4 Å². The van der Waals surface area contributed by atoms with Gasteiger partial charge in [0.05, 0.1) is 30.7 Å². The quantitative estimate of drug-likeness (QED) is 0.354. The monoisotopic (exact) mass is 469 g/mol. The summed E-state index contributed by atoms with van der Waals surface area (Å²) in [7, 11) is 3.12. The second-order valence-corrected chi connectivity index (χ2v) is 8.84. The molecule has 0 radical (unpaired) electrons. The number of hydrogen-bond acceptors (Lipinski definition) is 7. The first kappa shape index (κ1) is 21.7. The number of benzene rings is 2. The summed E-state index contributed by atoms with van der Waals surface area (Å²) in [6, 6.07) is 10.9. The van der Waals surface area contributed by atoms with Crippen molar-refractivity contribution >= 4 is 57.3 Å². The van der Waals surface area contributed by atoms with Crippen molar-refractivity contribution < 1.29 is 14.3 Å². The van der Waals surface area contributed by atoms with E-state index in [2.05, 4.69) is 15.5 Å². The first-order valence-corrected chi connectivity index (χ1v) is 10.9. The highest BCUT2D eigenvalue weighted by atomic mass is 35.5. The molecule has 0 aliphatic heterocycles. The molecule has 0 unspecified atom stereocenters. The number of hydrogen-bond donors (Lipinski definition) is 1. The standard InChI is InChI=1S/C19H17Cl2N3O3S2/c1-26-15-6-4-11(8-16(15)27-2)9-17(25)22-18-23-24-19(29-18)28-10-12-3-5-13(20)14(21)7-12/h3-8H,9-10H2,1-2H3,(H,22,23,25). The van der Waals surface area contributed by atoms with Crippen LogP contribution in [0, 0.1) is 0 Å². The van der Waals surface area contributed by atoms with Crippen LogP contribution in [0.2, 0.25) is 10.0 Å². The van der Waals surface area contributed by atoms with Crippen LogP contribution < -0.4 is 14.8 Å². The average Bonchev–Trinajstić information content (AvgIpc) is 3.15. The lowest BCUT2D eigenvalue weighted by Gasteiger charge is -2.09. The summed E-state index contributed by atoms with van der Waals surface area (Å²) >= 11 is 14.8. The average molecular weight is 470 g/mol. The predicted octanol–water partition coefficient (Wildman–Crippen LogP) is 5.34. The van der Waals surface area contributed by atoms with Gasteiger partial charge in [0.1, 0.15) is 0 Å². The van der Waals surface area contributed by atoms with Gasteiger partial charge in [0.2, 0.25) is 11.0 Å². The lowest BCUT2D eigenvalue weighted by atomic mass is 10.1. The van der Waals surface area contributed by atoms with Gasteiger partial charge < -0.3 is 14.8 Å². The number of nitrogens with zero attached hydrogens (tertiary/aromatic N) is 2. The van der Waals surface area contributed by atoms with Crippen molar-refractivity contribution in [3.8, 4) is 11.5 Å². The summed E-state index contributed by atoms with van der Waals surface area (Å²) in [6.45, 7) is 0. The zero-order valence-corrected chi connectivity index (χ0v) is 18.7. The summed E-state index contributed by atoms with van der Waals surface area (Å²) in [6.07, 6.45) is 0.186. The minimum absolute atomic E-state index is 0.186. The van der Waals surface area contributed by atoms with E-state index in [0.29, 0.717) is 32.4 Å². The number of carbonyl (C=O) groups is 1. The zero-order valence-electron chi connectivity index (χ0n) is 15.6. The summed E-state index contributed by atoms with van der Waals surface area (Å²) in [5.41, 5.74) is 1.83. The fourth-order valence-electron chi connectivity index (χ4n) is 2.43. The summed E-state index contributed by atoms with van der Waals surface area (Å²) in [4.78, 5) is 12.3. The van der Waals surface area contributed by atoms with Crippen LogP contribution in [-0.4, -0.2) is 30.3 Å². The highest BCUT2D eigenvalue weighted by molar-refractivity contribution is 8.00. The SMILES string of the molecule is COc1ccc(CC(=O)Nc2nnc(SCc3ccc(Cl)c(Cl)c3)s2)cc1OC. The number of amides is 1. The van der Waals surface area contributed by atoms with Crippen LogP contribution in [0.3, 0.4) is 0 Å². The topological polar surface area (TPSA) is 73.3 Å². The third-order valence-corrected chi connectivity index (χ3v) is 6.59. The van der Waals surface area contributed by atoms with Crippen molar-refractivity contribution in [2.45, 2.75) is 16.5 Å². The third kappa shape index (κ3) is 5.99. The van der Waals surface area contributed by atoms with E-state index in [9.17, 15) is 4.79 Å². The Kier molecular flexibility index (Phi) is 7.60. The molecule has 0 fully saturated rings. The van der Waals surface area contributed by atoms with Crippen molar-refractivity contribution in [3.05, 3.63) is 57.6 Å². The van der Waals surface area contributed by atoms with Gasteiger partial charge >= 0.3 is 0 Å². The summed E-state index contributed by atoms with van der Waals surface area (Å²) in [5.74, 6) is 1.68. The molecule has 0 aliphatic rings. The Morgan fingerprint density at radius 2 is 1.79 bits per heavy atom. The van der Waals surface area contributed by atoms with Crippen molar-refractivity contribution in [1.29, 1.82) is 0 Å². The van der Waals surface area contributed by atoms with Crippen LogP contribution in [0.15, 0.2) is 40.7 Å². The predicted molar refractivity (Wildman–Crippen MR) is 118 cm³/mol. The number of methoxy groups -OCH3 is 2. The largest absolute Gasteiger partial charge is 0.493 e. The van der Waals surface area contributed by atoms with Crippen LogP contribution in [0.4, 0.5) is 5.13 Å². The lowest BCUT2D eigenvalue weighted by Crippen LogP contribution is -2.14. The Balaban J connectivity index is 1.55. The van der Waals surface area contributed by atoms with E-state index in [1.165, 1.54) is 23.1 Å². The highest BCUT2D eigenvalue weighted by Gasteiger charge is 2.12. The van der Waals surface area contributed by atoms with Gasteiger partial charge in [0.15, 0.2) is 15.8 Å². The Morgan fingerprint density at radius 1 is 1.03 bits per heavy atom. The number of aromatic nitrogens is 2. The summed E-state index contributed by atoms with van der Waals surface area (Å²) in [5, 5.41) is 12.4. The zero-order chi connectivity index (χ0) is 20.8. The van der Waals surface area contributed by atoms with Gasteiger partial charge in [-0.05, 0) is 35.4 Å². The van der Waals surface area contributed by atoms with Gasteiger partial charge in [0, 0.05) is 5.75 Å². The first-order valence-electron chi connectivity index (χ1n) is 8.39. The molecule has 2 aromatic carbocycles. The van der Waals surface area contributed by atoms with Gasteiger partial charge in [0.25, 0.3) is 0 Å². The van der Waals surface area contributed by atoms with Gasteiger partial charge in [-0.25, -0.2) is 0 Å². The lowest BCUT2D eigenvalue weighted by molar-refractivity contribution is -0.115. The van der Waals surface area contributed by atoms with Crippen molar-refractivity contribution in [1.82, 2.24) is 10.2 Å². The minimum Gasteiger partial charge on any atom is -0.493 e. The Labute approximate surface area is 186 Å². The Hall–Kier alpha value is -2.00. The molecule has 0 saturated heterocycles. The molecule has 0 bridgehead atoms. The smallest absolute Gasteiger partial charge is 0.230 e. The van der Waals surface area contributed by atoms with E-state index in [1.807, 2.05) is 18.2 Å². The molecule has 6 nitrogen and oxygen atoms in total. The maximum absolute atomic E-state index is 12.3. The molecular formula is C19H17Cl2N3O3S2. The van der Waals surface area contributed by atoms with E-state index >= 15 is 0 Å². The molecule has 0 saturated carbocycles. The second-order valence-electron chi connectivity index (χ2n) is 5.82. The van der Waals surface area contributed by atoms with Crippen molar-refractivity contribution in [2.75, 3.05) is 19.5 Å². The number of ether oxygens (including phenoxy) is 2. The van der Waals surface area contributed by atoms with Gasteiger partial charge in [-0.15, -0.1) is 10.2 Å². The summed E-state index contributed by atoms with van der Waals surface area (Å²) < 4.78 is 11.2. The minimum atomic E-state index is -0.186. The number of thioether (sulfide) groups is 1. The van der Waals surface area contributed by atoms with Gasteiger partial charge in [-0.3, -0.25) is 4.79 Å². The van der Waals surface area contributed by atoms with Crippen LogP contribution in [0.1, 0.15) is 11.1 Å². The molecule has 0 atom stereocenters. The molecule has 3 rings (SSSR count). The van der Waals surface area contributed by atoms with Crippen LogP contribution in [-0.2, 0) is 17.0 Å². The molecule has 29 heavy (non-hydrogen) atoms. The van der Waals surface area contributed by atoms with E-state index in [-0.39, 0.29) is 12.3 Å². The third-order valence-electron chi connectivity index (χ3n) is 3.81. The molecule has 1 N–H and O–H groups in total. The maximum Gasteiger partial charge on any atom is 0.230 e. The number of rotatable bonds is 8. The van der Waals surface area contributed by atoms with Crippen LogP contribution in [0.25, 0.3) is 0 Å². The van der Waals surface area contributed by atoms with E-state index < -0.39 is 0 Å². The molecule has 0 spiro atoms. The molecule has 152 valence electrons. The fraction of sp³-hybridized carbons (Fsp3) is 0.211. The molecule has 3 aromatic rings. The molecule has 1 heterocycles. The number of nitrogens with one attached hydrogen (secondary N) is 1. The molecule has 10 heteroatoms. The molecular weight excluding hydrogens is 453 g/mol. The van der Waals surface area contributed by atoms with Gasteiger partial charge in [-0.2, -0.15) is 0 Å². The van der Waals surface area contributed by atoms with E-state index in [0.717, 1.165) is 15.5 Å². The van der Waals surface area contributed by atoms with Crippen LogP contribution >= 0.6 is 46.3 Å². The Morgan fingerprint density at radius 3 is 2.52 bits per heavy atom. The number of halogens is 2.